The summed E-state index contributed by atoms with van der Waals surface area (Å²) in [5, 5.41) is 9.58. The molecule has 0 saturated heterocycles. The van der Waals surface area contributed by atoms with E-state index in [2.05, 4.69) is 34.8 Å². The number of nitrogens with one attached hydrogen (secondary N) is 3. The van der Waals surface area contributed by atoms with Crippen molar-refractivity contribution in [3.05, 3.63) is 0 Å². The van der Waals surface area contributed by atoms with E-state index in [1.807, 2.05) is 0 Å². The largest absolute Gasteiger partial charge is 0.355 e. The van der Waals surface area contributed by atoms with Gasteiger partial charge in [0.25, 0.3) is 0 Å². The molecule has 1 aliphatic carbocycles. The third-order valence-electron chi connectivity index (χ3n) is 3.76. The molecule has 1 atom stereocenters. The molecule has 0 radical (unpaired) electrons. The first kappa shape index (κ1) is 21.5. The smallest absolute Gasteiger partial charge is 0.223 e. The van der Waals surface area contributed by atoms with Gasteiger partial charge in [0.1, 0.15) is 0 Å². The molecular weight excluding hydrogens is 391 g/mol. The lowest BCUT2D eigenvalue weighted by atomic mass is 10.1. The molecule has 0 aromatic carbocycles. The first-order valence-electron chi connectivity index (χ1n) is 8.42. The number of nitrogens with zero attached hydrogens (tertiary/aromatic N) is 1. The molecule has 0 aromatic rings. The molecule has 0 bridgehead atoms. The second-order valence-electron chi connectivity index (χ2n) is 5.96. The van der Waals surface area contributed by atoms with Crippen LogP contribution in [-0.4, -0.2) is 38.0 Å². The first-order chi connectivity index (χ1) is 10.2. The minimum atomic E-state index is 0. The van der Waals surface area contributed by atoms with Gasteiger partial charge in [-0.2, -0.15) is 0 Å². The monoisotopic (exact) mass is 424 g/mol. The maximum absolute atomic E-state index is 11.5. The number of unbranched alkanes of at least 4 members (excludes halogenated alkanes) is 3. The van der Waals surface area contributed by atoms with Crippen LogP contribution in [0.4, 0.5) is 0 Å². The minimum Gasteiger partial charge on any atom is -0.355 e. The molecule has 130 valence electrons. The zero-order chi connectivity index (χ0) is 15.5. The van der Waals surface area contributed by atoms with Gasteiger partial charge in [-0.15, -0.1) is 24.0 Å². The van der Waals surface area contributed by atoms with Crippen molar-refractivity contribution >= 4 is 35.8 Å². The lowest BCUT2D eigenvalue weighted by molar-refractivity contribution is -0.122. The van der Waals surface area contributed by atoms with Gasteiger partial charge in [0.15, 0.2) is 5.96 Å². The number of aliphatic imine (C=N–C) groups is 1. The Kier molecular flexibility index (Phi) is 12.6. The van der Waals surface area contributed by atoms with Gasteiger partial charge in [0.05, 0.1) is 0 Å². The normalized spacial score (nSPS) is 15.7. The number of hydrogen-bond donors (Lipinski definition) is 3. The second kappa shape index (κ2) is 13.0. The summed E-state index contributed by atoms with van der Waals surface area (Å²) >= 11 is 0. The Morgan fingerprint density at radius 2 is 1.86 bits per heavy atom. The predicted molar refractivity (Wildman–Crippen MR) is 104 cm³/mol. The molecule has 6 heteroatoms. The van der Waals surface area contributed by atoms with Crippen molar-refractivity contribution in [3.63, 3.8) is 0 Å². The predicted octanol–water partition coefficient (Wildman–Crippen LogP) is 2.65. The standard InChI is InChI=1S/C16H32N4O.HI/c1-4-5-6-7-8-13(2)20-16(17-3)19-12-11-18-15(21)14-9-10-14;/h13-14H,4-12H2,1-3H3,(H,18,21)(H2,17,19,20);1H. The van der Waals surface area contributed by atoms with Crippen LogP contribution in [0.3, 0.4) is 0 Å². The molecule has 1 amide bonds. The lowest BCUT2D eigenvalue weighted by Gasteiger charge is -2.18. The van der Waals surface area contributed by atoms with Gasteiger partial charge in [-0.3, -0.25) is 9.79 Å². The SMILES string of the molecule is CCCCCCC(C)NC(=NC)NCCNC(=O)C1CC1.I. The molecule has 0 aromatic heterocycles. The fraction of sp³-hybridized carbons (Fsp3) is 0.875. The molecule has 0 spiro atoms. The Bertz CT molecular complexity index is 332. The zero-order valence-electron chi connectivity index (χ0n) is 14.3. The van der Waals surface area contributed by atoms with Crippen molar-refractivity contribution < 1.29 is 4.79 Å². The number of carbonyl (C=O) groups excluding carboxylic acids is 1. The van der Waals surface area contributed by atoms with Crippen molar-refractivity contribution in [2.45, 2.75) is 64.8 Å². The Morgan fingerprint density at radius 3 is 2.45 bits per heavy atom. The van der Waals surface area contributed by atoms with Crippen LogP contribution in [-0.2, 0) is 4.79 Å². The third-order valence-corrected chi connectivity index (χ3v) is 3.76. The van der Waals surface area contributed by atoms with Gasteiger partial charge in [0.2, 0.25) is 5.91 Å². The van der Waals surface area contributed by atoms with E-state index in [1.165, 1.54) is 32.1 Å². The summed E-state index contributed by atoms with van der Waals surface area (Å²) in [5.41, 5.74) is 0. The van der Waals surface area contributed by atoms with Crippen molar-refractivity contribution in [2.24, 2.45) is 10.9 Å². The van der Waals surface area contributed by atoms with Crippen LogP contribution in [0.25, 0.3) is 0 Å². The molecule has 0 aliphatic heterocycles. The first-order valence-corrected chi connectivity index (χ1v) is 8.42. The van der Waals surface area contributed by atoms with Gasteiger partial charge in [-0.05, 0) is 26.2 Å². The maximum atomic E-state index is 11.5. The Hall–Kier alpha value is -0.530. The highest BCUT2D eigenvalue weighted by Gasteiger charge is 2.28. The number of hydrogen-bond acceptors (Lipinski definition) is 2. The molecule has 1 unspecified atom stereocenters. The van der Waals surface area contributed by atoms with Crippen molar-refractivity contribution in [1.29, 1.82) is 0 Å². The second-order valence-corrected chi connectivity index (χ2v) is 5.96. The molecule has 1 rings (SSSR count). The van der Waals surface area contributed by atoms with Gasteiger partial charge in [0, 0.05) is 32.1 Å². The highest BCUT2D eigenvalue weighted by molar-refractivity contribution is 14.0. The molecule has 1 aliphatic rings. The van der Waals surface area contributed by atoms with Crippen LogP contribution in [0.15, 0.2) is 4.99 Å². The molecule has 3 N–H and O–H groups in total. The number of halogens is 1. The number of rotatable bonds is 10. The topological polar surface area (TPSA) is 65.5 Å². The average Bonchev–Trinajstić information content (AvgIpc) is 3.31. The molecule has 1 saturated carbocycles. The van der Waals surface area contributed by atoms with E-state index >= 15 is 0 Å². The average molecular weight is 424 g/mol. The van der Waals surface area contributed by atoms with Crippen LogP contribution in [0.1, 0.15) is 58.8 Å². The van der Waals surface area contributed by atoms with E-state index in [0.29, 0.717) is 19.1 Å². The van der Waals surface area contributed by atoms with E-state index in [9.17, 15) is 4.79 Å². The number of amides is 1. The lowest BCUT2D eigenvalue weighted by Crippen LogP contribution is -2.44. The molecular formula is C16H33IN4O. The molecule has 5 nitrogen and oxygen atoms in total. The summed E-state index contributed by atoms with van der Waals surface area (Å²) in [4.78, 5) is 15.7. The zero-order valence-corrected chi connectivity index (χ0v) is 16.6. The number of guanidine groups is 1. The van der Waals surface area contributed by atoms with Crippen molar-refractivity contribution in [2.75, 3.05) is 20.1 Å². The van der Waals surface area contributed by atoms with E-state index in [1.54, 1.807) is 7.05 Å². The summed E-state index contributed by atoms with van der Waals surface area (Å²) in [7, 11) is 1.78. The van der Waals surface area contributed by atoms with Gasteiger partial charge in [-0.1, -0.05) is 32.6 Å². The Labute approximate surface area is 152 Å². The minimum absolute atomic E-state index is 0. The van der Waals surface area contributed by atoms with Gasteiger partial charge in [-0.25, -0.2) is 0 Å². The summed E-state index contributed by atoms with van der Waals surface area (Å²) < 4.78 is 0. The van der Waals surface area contributed by atoms with Crippen LogP contribution in [0.2, 0.25) is 0 Å². The van der Waals surface area contributed by atoms with Gasteiger partial charge < -0.3 is 16.0 Å². The molecule has 22 heavy (non-hydrogen) atoms. The van der Waals surface area contributed by atoms with Crippen LogP contribution < -0.4 is 16.0 Å². The van der Waals surface area contributed by atoms with E-state index in [0.717, 1.165) is 18.8 Å². The van der Waals surface area contributed by atoms with Crippen molar-refractivity contribution in [1.82, 2.24) is 16.0 Å². The third kappa shape index (κ3) is 10.2. The highest BCUT2D eigenvalue weighted by Crippen LogP contribution is 2.28. The highest BCUT2D eigenvalue weighted by atomic mass is 127. The van der Waals surface area contributed by atoms with Crippen LogP contribution >= 0.6 is 24.0 Å². The summed E-state index contributed by atoms with van der Waals surface area (Å²) in [5.74, 6) is 1.30. The summed E-state index contributed by atoms with van der Waals surface area (Å²) in [6.07, 6.45) is 8.44. The Balaban J connectivity index is 0.00000441. The summed E-state index contributed by atoms with van der Waals surface area (Å²) in [6.45, 7) is 5.78. The summed E-state index contributed by atoms with van der Waals surface area (Å²) in [6, 6.07) is 0.425. The van der Waals surface area contributed by atoms with E-state index < -0.39 is 0 Å². The van der Waals surface area contributed by atoms with E-state index in [4.69, 9.17) is 0 Å². The Morgan fingerprint density at radius 1 is 1.18 bits per heavy atom. The fourth-order valence-electron chi connectivity index (χ4n) is 2.23. The molecule has 0 heterocycles. The molecule has 1 fully saturated rings. The fourth-order valence-corrected chi connectivity index (χ4v) is 2.23. The number of carbonyl (C=O) groups is 1. The van der Waals surface area contributed by atoms with Crippen LogP contribution in [0.5, 0.6) is 0 Å². The van der Waals surface area contributed by atoms with Gasteiger partial charge >= 0.3 is 0 Å². The van der Waals surface area contributed by atoms with Crippen molar-refractivity contribution in [3.8, 4) is 0 Å². The van der Waals surface area contributed by atoms with E-state index in [-0.39, 0.29) is 35.8 Å². The van der Waals surface area contributed by atoms with Crippen LogP contribution in [0, 0.1) is 5.92 Å². The maximum Gasteiger partial charge on any atom is 0.223 e. The quantitative estimate of drug-likeness (QED) is 0.219.